The van der Waals surface area contributed by atoms with Crippen molar-refractivity contribution in [2.24, 2.45) is 0 Å². The van der Waals surface area contributed by atoms with Gasteiger partial charge in [0.25, 0.3) is 5.91 Å². The second-order valence-corrected chi connectivity index (χ2v) is 8.54. The standard InChI is InChI=1S/C23H21N3O3S/c27-22(21-9-8-20(30-21)18-6-3-4-12-24-18)25-13-10-17(11-14-25)26-19-7-2-1-5-16(19)15-29-23(26)28/h1-9,12,17H,10-11,13-15H2. The molecule has 30 heavy (non-hydrogen) atoms. The Bertz CT molecular complexity index is 1070. The summed E-state index contributed by atoms with van der Waals surface area (Å²) >= 11 is 1.47. The molecule has 152 valence electrons. The van der Waals surface area contributed by atoms with Gasteiger partial charge in [-0.3, -0.25) is 14.7 Å². The SMILES string of the molecule is O=C(c1ccc(-c2ccccn2)s1)N1CCC(N2C(=O)OCc3ccccc32)CC1. The molecular weight excluding hydrogens is 398 g/mol. The molecule has 1 aromatic carbocycles. The lowest BCUT2D eigenvalue weighted by Crippen LogP contribution is -2.50. The van der Waals surface area contributed by atoms with Crippen molar-refractivity contribution in [1.29, 1.82) is 0 Å². The Kier molecular flexibility index (Phi) is 4.96. The molecule has 1 saturated heterocycles. The van der Waals surface area contributed by atoms with Gasteiger partial charge in [-0.25, -0.2) is 4.79 Å². The summed E-state index contributed by atoms with van der Waals surface area (Å²) in [6.45, 7) is 1.55. The number of thiophene rings is 1. The van der Waals surface area contributed by atoms with E-state index in [2.05, 4.69) is 4.98 Å². The Hall–Kier alpha value is -3.19. The summed E-state index contributed by atoms with van der Waals surface area (Å²) in [5, 5.41) is 0. The number of pyridine rings is 1. The van der Waals surface area contributed by atoms with Gasteiger partial charge in [-0.15, -0.1) is 11.3 Å². The normalized spacial score (nSPS) is 16.9. The van der Waals surface area contributed by atoms with Gasteiger partial charge in [0.2, 0.25) is 0 Å². The maximum Gasteiger partial charge on any atom is 0.414 e. The Balaban J connectivity index is 1.27. The van der Waals surface area contributed by atoms with Crippen molar-refractivity contribution < 1.29 is 14.3 Å². The quantitative estimate of drug-likeness (QED) is 0.624. The van der Waals surface area contributed by atoms with Crippen LogP contribution in [0.1, 0.15) is 28.1 Å². The fraction of sp³-hybridized carbons (Fsp3) is 0.261. The molecule has 2 aromatic heterocycles. The molecule has 5 rings (SSSR count). The summed E-state index contributed by atoms with van der Waals surface area (Å²) in [7, 11) is 0. The van der Waals surface area contributed by atoms with E-state index in [0.717, 1.165) is 39.5 Å². The number of carbonyl (C=O) groups is 2. The van der Waals surface area contributed by atoms with Gasteiger partial charge in [0, 0.05) is 30.9 Å². The van der Waals surface area contributed by atoms with Gasteiger partial charge in [-0.05, 0) is 43.2 Å². The summed E-state index contributed by atoms with van der Waals surface area (Å²) in [4.78, 5) is 35.2. The van der Waals surface area contributed by atoms with E-state index in [9.17, 15) is 9.59 Å². The van der Waals surface area contributed by atoms with E-state index in [4.69, 9.17) is 4.74 Å². The fourth-order valence-corrected chi connectivity index (χ4v) is 5.05. The molecule has 0 bridgehead atoms. The van der Waals surface area contributed by atoms with Crippen LogP contribution < -0.4 is 4.90 Å². The van der Waals surface area contributed by atoms with Crippen molar-refractivity contribution in [3.63, 3.8) is 0 Å². The number of cyclic esters (lactones) is 1. The van der Waals surface area contributed by atoms with E-state index in [-0.39, 0.29) is 18.0 Å². The number of likely N-dealkylation sites (tertiary alicyclic amines) is 1. The summed E-state index contributed by atoms with van der Waals surface area (Å²) < 4.78 is 5.36. The zero-order valence-electron chi connectivity index (χ0n) is 16.4. The van der Waals surface area contributed by atoms with Crippen LogP contribution in [-0.4, -0.2) is 41.0 Å². The number of para-hydroxylation sites is 1. The van der Waals surface area contributed by atoms with Crippen molar-refractivity contribution in [1.82, 2.24) is 9.88 Å². The molecule has 1 fully saturated rings. The van der Waals surface area contributed by atoms with E-state index in [1.165, 1.54) is 11.3 Å². The number of carbonyl (C=O) groups excluding carboxylic acids is 2. The highest BCUT2D eigenvalue weighted by atomic mass is 32.1. The summed E-state index contributed by atoms with van der Waals surface area (Å²) in [5.74, 6) is 0.0438. The van der Waals surface area contributed by atoms with Crippen LogP contribution in [0.2, 0.25) is 0 Å². The van der Waals surface area contributed by atoms with Crippen LogP contribution in [0, 0.1) is 0 Å². The highest BCUT2D eigenvalue weighted by Crippen LogP contribution is 2.33. The molecule has 2 aliphatic heterocycles. The minimum atomic E-state index is -0.295. The van der Waals surface area contributed by atoms with Crippen molar-refractivity contribution in [3.8, 4) is 10.6 Å². The Labute approximate surface area is 178 Å². The first-order valence-electron chi connectivity index (χ1n) is 10.0. The Morgan fingerprint density at radius 2 is 1.83 bits per heavy atom. The summed E-state index contributed by atoms with van der Waals surface area (Å²) in [6, 6.07) is 17.5. The zero-order valence-corrected chi connectivity index (χ0v) is 17.2. The Morgan fingerprint density at radius 3 is 2.63 bits per heavy atom. The number of piperidine rings is 1. The van der Waals surface area contributed by atoms with Crippen LogP contribution >= 0.6 is 11.3 Å². The van der Waals surface area contributed by atoms with Crippen molar-refractivity contribution >= 4 is 29.0 Å². The molecule has 0 unspecified atom stereocenters. The maximum absolute atomic E-state index is 13.0. The highest BCUT2D eigenvalue weighted by molar-refractivity contribution is 7.17. The van der Waals surface area contributed by atoms with Crippen molar-refractivity contribution in [3.05, 3.63) is 71.2 Å². The first kappa shape index (κ1) is 18.8. The third kappa shape index (κ3) is 3.45. The molecule has 0 radical (unpaired) electrons. The lowest BCUT2D eigenvalue weighted by atomic mass is 10.0. The lowest BCUT2D eigenvalue weighted by Gasteiger charge is -2.40. The number of fused-ring (bicyclic) bond motifs is 1. The predicted molar refractivity (Wildman–Crippen MR) is 116 cm³/mol. The monoisotopic (exact) mass is 419 g/mol. The van der Waals surface area contributed by atoms with Gasteiger partial charge in [0.1, 0.15) is 6.61 Å². The molecule has 0 spiro atoms. The number of hydrogen-bond donors (Lipinski definition) is 0. The fourth-order valence-electron chi connectivity index (χ4n) is 4.10. The van der Waals surface area contributed by atoms with Crippen LogP contribution in [-0.2, 0) is 11.3 Å². The van der Waals surface area contributed by atoms with Crippen LogP contribution in [0.4, 0.5) is 10.5 Å². The first-order valence-corrected chi connectivity index (χ1v) is 10.9. The molecule has 0 N–H and O–H groups in total. The largest absolute Gasteiger partial charge is 0.444 e. The average molecular weight is 420 g/mol. The van der Waals surface area contributed by atoms with E-state index in [1.807, 2.05) is 59.5 Å². The van der Waals surface area contributed by atoms with Crippen LogP contribution in [0.5, 0.6) is 0 Å². The van der Waals surface area contributed by atoms with Gasteiger partial charge < -0.3 is 9.64 Å². The molecule has 6 nitrogen and oxygen atoms in total. The first-order chi connectivity index (χ1) is 14.7. The minimum Gasteiger partial charge on any atom is -0.444 e. The molecule has 7 heteroatoms. The van der Waals surface area contributed by atoms with Gasteiger partial charge in [0.05, 0.1) is 21.1 Å². The number of ether oxygens (including phenoxy) is 1. The van der Waals surface area contributed by atoms with Gasteiger partial charge in [-0.2, -0.15) is 0 Å². The van der Waals surface area contributed by atoms with Crippen molar-refractivity contribution in [2.45, 2.75) is 25.5 Å². The van der Waals surface area contributed by atoms with Crippen LogP contribution in [0.25, 0.3) is 10.6 Å². The molecule has 4 heterocycles. The molecule has 0 aliphatic carbocycles. The number of aromatic nitrogens is 1. The predicted octanol–water partition coefficient (Wildman–Crippen LogP) is 4.57. The molecule has 3 aromatic rings. The third-order valence-corrected chi connectivity index (χ3v) is 6.75. The zero-order chi connectivity index (χ0) is 20.5. The number of anilines is 1. The van der Waals surface area contributed by atoms with E-state index in [1.54, 1.807) is 11.1 Å². The average Bonchev–Trinajstić information content (AvgIpc) is 3.30. The smallest absolute Gasteiger partial charge is 0.414 e. The maximum atomic E-state index is 13.0. The van der Waals surface area contributed by atoms with Crippen molar-refractivity contribution in [2.75, 3.05) is 18.0 Å². The molecular formula is C23H21N3O3S. The molecule has 2 aliphatic rings. The summed E-state index contributed by atoms with van der Waals surface area (Å²) in [5.41, 5.74) is 2.83. The molecule has 0 saturated carbocycles. The van der Waals surface area contributed by atoms with E-state index >= 15 is 0 Å². The Morgan fingerprint density at radius 1 is 1.03 bits per heavy atom. The molecule has 0 atom stereocenters. The second kappa shape index (κ2) is 7.91. The van der Waals surface area contributed by atoms with E-state index in [0.29, 0.717) is 19.7 Å². The number of rotatable bonds is 3. The van der Waals surface area contributed by atoms with Gasteiger partial charge in [-0.1, -0.05) is 24.3 Å². The second-order valence-electron chi connectivity index (χ2n) is 7.46. The van der Waals surface area contributed by atoms with Gasteiger partial charge >= 0.3 is 6.09 Å². The minimum absolute atomic E-state index is 0.0374. The van der Waals surface area contributed by atoms with Crippen LogP contribution in [0.3, 0.4) is 0 Å². The van der Waals surface area contributed by atoms with E-state index < -0.39 is 0 Å². The number of nitrogens with zero attached hydrogens (tertiary/aromatic N) is 3. The van der Waals surface area contributed by atoms with Gasteiger partial charge in [0.15, 0.2) is 0 Å². The lowest BCUT2D eigenvalue weighted by molar-refractivity contribution is 0.0713. The third-order valence-electron chi connectivity index (χ3n) is 5.65. The number of benzene rings is 1. The number of amides is 2. The van der Waals surface area contributed by atoms with Crippen LogP contribution in [0.15, 0.2) is 60.8 Å². The number of hydrogen-bond acceptors (Lipinski definition) is 5. The highest BCUT2D eigenvalue weighted by Gasteiger charge is 2.35. The topological polar surface area (TPSA) is 62.7 Å². The molecule has 2 amide bonds. The summed E-state index contributed by atoms with van der Waals surface area (Å²) in [6.07, 6.45) is 2.92.